The molecule has 0 aliphatic carbocycles. The highest BCUT2D eigenvalue weighted by Crippen LogP contribution is 2.24. The van der Waals surface area contributed by atoms with Crippen molar-refractivity contribution in [3.05, 3.63) is 71.3 Å². The summed E-state index contributed by atoms with van der Waals surface area (Å²) < 4.78 is 6.02. The number of likely N-dealkylation sites (N-methyl/N-ethyl adjacent to an activating group) is 1. The number of ether oxygens (including phenoxy) is 1. The number of benzene rings is 2. The van der Waals surface area contributed by atoms with Crippen molar-refractivity contribution in [2.75, 3.05) is 39.8 Å². The second-order valence-corrected chi connectivity index (χ2v) is 7.46. The molecule has 0 spiro atoms. The third-order valence-corrected chi connectivity index (χ3v) is 5.46. The first kappa shape index (κ1) is 21.8. The molecule has 1 saturated heterocycles. The fourth-order valence-corrected chi connectivity index (χ4v) is 3.76. The van der Waals surface area contributed by atoms with Gasteiger partial charge in [-0.1, -0.05) is 54.6 Å². The lowest BCUT2D eigenvalue weighted by atomic mass is 10.0. The van der Waals surface area contributed by atoms with E-state index in [0.717, 1.165) is 18.1 Å². The number of rotatable bonds is 6. The average Bonchev–Trinajstić information content (AvgIpc) is 2.79. The number of morpholine rings is 1. The van der Waals surface area contributed by atoms with Crippen LogP contribution in [0.3, 0.4) is 0 Å². The average molecular weight is 409 g/mol. The molecule has 160 valence electrons. The van der Waals surface area contributed by atoms with Crippen molar-refractivity contribution in [2.45, 2.75) is 26.5 Å². The summed E-state index contributed by atoms with van der Waals surface area (Å²) in [6, 6.07) is 18.4. The van der Waals surface area contributed by atoms with Crippen LogP contribution < -0.4 is 5.32 Å². The lowest BCUT2D eigenvalue weighted by Crippen LogP contribution is -2.50. The highest BCUT2D eigenvalue weighted by Gasteiger charge is 2.25. The van der Waals surface area contributed by atoms with E-state index in [-0.39, 0.29) is 18.6 Å². The van der Waals surface area contributed by atoms with E-state index in [9.17, 15) is 4.79 Å². The molecule has 0 aromatic heterocycles. The number of aryl methyl sites for hydroxylation is 1. The molecule has 1 fully saturated rings. The summed E-state index contributed by atoms with van der Waals surface area (Å²) in [6.45, 7) is 7.70. The Labute approximate surface area is 179 Å². The van der Waals surface area contributed by atoms with E-state index in [4.69, 9.17) is 4.74 Å². The molecule has 6 heteroatoms. The molecule has 0 radical (unpaired) electrons. The Bertz CT molecular complexity index is 853. The van der Waals surface area contributed by atoms with E-state index in [0.29, 0.717) is 26.2 Å². The van der Waals surface area contributed by atoms with Crippen molar-refractivity contribution in [2.24, 2.45) is 4.99 Å². The van der Waals surface area contributed by atoms with Gasteiger partial charge in [-0.05, 0) is 30.5 Å². The predicted octanol–water partition coefficient (Wildman–Crippen LogP) is 2.99. The van der Waals surface area contributed by atoms with Crippen LogP contribution in [0.25, 0.3) is 0 Å². The Balaban J connectivity index is 1.58. The van der Waals surface area contributed by atoms with Gasteiger partial charge in [0.15, 0.2) is 5.96 Å². The van der Waals surface area contributed by atoms with Gasteiger partial charge in [-0.15, -0.1) is 0 Å². The minimum Gasteiger partial charge on any atom is -0.370 e. The van der Waals surface area contributed by atoms with E-state index in [1.165, 1.54) is 11.1 Å². The van der Waals surface area contributed by atoms with Crippen LogP contribution in [0.2, 0.25) is 0 Å². The number of aliphatic imine (C=N–C) groups is 1. The molecule has 1 amide bonds. The zero-order valence-corrected chi connectivity index (χ0v) is 18.2. The number of nitrogens with zero attached hydrogens (tertiary/aromatic N) is 3. The quantitative estimate of drug-likeness (QED) is 0.590. The Morgan fingerprint density at radius 2 is 1.93 bits per heavy atom. The molecule has 1 aliphatic rings. The van der Waals surface area contributed by atoms with Crippen molar-refractivity contribution in [3.63, 3.8) is 0 Å². The van der Waals surface area contributed by atoms with E-state index in [2.05, 4.69) is 34.3 Å². The smallest absolute Gasteiger partial charge is 0.242 e. The van der Waals surface area contributed by atoms with E-state index in [1.54, 1.807) is 7.05 Å². The van der Waals surface area contributed by atoms with E-state index < -0.39 is 0 Å². The van der Waals surface area contributed by atoms with Gasteiger partial charge in [0.05, 0.1) is 19.7 Å². The van der Waals surface area contributed by atoms with Crippen LogP contribution in [0, 0.1) is 6.92 Å². The summed E-state index contributed by atoms with van der Waals surface area (Å²) >= 11 is 0. The number of carbonyl (C=O) groups is 1. The van der Waals surface area contributed by atoms with Gasteiger partial charge in [-0.3, -0.25) is 9.79 Å². The monoisotopic (exact) mass is 408 g/mol. The van der Waals surface area contributed by atoms with Crippen molar-refractivity contribution in [3.8, 4) is 0 Å². The first-order chi connectivity index (χ1) is 14.6. The predicted molar refractivity (Wildman–Crippen MR) is 120 cm³/mol. The van der Waals surface area contributed by atoms with Crippen molar-refractivity contribution >= 4 is 11.9 Å². The first-order valence-corrected chi connectivity index (χ1v) is 10.6. The molecule has 0 saturated carbocycles. The van der Waals surface area contributed by atoms with E-state index >= 15 is 0 Å². The summed E-state index contributed by atoms with van der Waals surface area (Å²) in [5, 5.41) is 3.26. The molecule has 1 aliphatic heterocycles. The topological polar surface area (TPSA) is 57.2 Å². The highest BCUT2D eigenvalue weighted by atomic mass is 16.5. The van der Waals surface area contributed by atoms with E-state index in [1.807, 2.05) is 54.3 Å². The van der Waals surface area contributed by atoms with Crippen LogP contribution in [0.5, 0.6) is 0 Å². The molecular weight excluding hydrogens is 376 g/mol. The lowest BCUT2D eigenvalue weighted by molar-refractivity contribution is -0.130. The summed E-state index contributed by atoms with van der Waals surface area (Å²) in [4.78, 5) is 21.2. The van der Waals surface area contributed by atoms with Gasteiger partial charge in [0.25, 0.3) is 0 Å². The zero-order valence-electron chi connectivity index (χ0n) is 18.2. The Morgan fingerprint density at radius 1 is 1.20 bits per heavy atom. The molecule has 1 heterocycles. The molecule has 1 N–H and O–H groups in total. The molecule has 1 atom stereocenters. The Hall–Kier alpha value is -2.86. The van der Waals surface area contributed by atoms with Crippen molar-refractivity contribution < 1.29 is 9.53 Å². The maximum absolute atomic E-state index is 12.8. The van der Waals surface area contributed by atoms with Gasteiger partial charge in [0.2, 0.25) is 5.91 Å². The highest BCUT2D eigenvalue weighted by molar-refractivity contribution is 5.86. The minimum atomic E-state index is -0.000535. The fourth-order valence-electron chi connectivity index (χ4n) is 3.76. The van der Waals surface area contributed by atoms with Crippen LogP contribution in [0.1, 0.15) is 29.7 Å². The first-order valence-electron chi connectivity index (χ1n) is 10.6. The van der Waals surface area contributed by atoms with Gasteiger partial charge in [0.1, 0.15) is 6.10 Å². The van der Waals surface area contributed by atoms with Gasteiger partial charge >= 0.3 is 0 Å². The summed E-state index contributed by atoms with van der Waals surface area (Å²) in [5.74, 6) is 0.798. The van der Waals surface area contributed by atoms with Gasteiger partial charge < -0.3 is 19.9 Å². The molecule has 3 rings (SSSR count). The van der Waals surface area contributed by atoms with Gasteiger partial charge in [0, 0.05) is 26.7 Å². The van der Waals surface area contributed by atoms with Crippen LogP contribution >= 0.6 is 0 Å². The largest absolute Gasteiger partial charge is 0.370 e. The SMILES string of the molecule is CCN(Cc1ccccc1)C(=O)CNC(=NC)N1CCOC(c2ccccc2C)C1. The summed E-state index contributed by atoms with van der Waals surface area (Å²) in [6.07, 6.45) is -0.000535. The maximum Gasteiger partial charge on any atom is 0.242 e. The number of hydrogen-bond donors (Lipinski definition) is 1. The molecular formula is C24H32N4O2. The number of carbonyl (C=O) groups excluding carboxylic acids is 1. The number of amides is 1. The van der Waals surface area contributed by atoms with Gasteiger partial charge in [-0.25, -0.2) is 0 Å². The standard InChI is InChI=1S/C24H32N4O2/c1-4-27(17-20-11-6-5-7-12-20)23(29)16-26-24(25-3)28-14-15-30-22(18-28)21-13-9-8-10-19(21)2/h5-13,22H,4,14-18H2,1-3H3,(H,25,26). The summed E-state index contributed by atoms with van der Waals surface area (Å²) in [5.41, 5.74) is 3.56. The Kier molecular flexibility index (Phi) is 7.85. The minimum absolute atomic E-state index is 0.000535. The molecule has 6 nitrogen and oxygen atoms in total. The van der Waals surface area contributed by atoms with Gasteiger partial charge in [-0.2, -0.15) is 0 Å². The normalized spacial score (nSPS) is 17.0. The van der Waals surface area contributed by atoms with Crippen molar-refractivity contribution in [1.29, 1.82) is 0 Å². The third-order valence-electron chi connectivity index (χ3n) is 5.46. The van der Waals surface area contributed by atoms with Crippen LogP contribution in [-0.4, -0.2) is 61.5 Å². The number of guanidine groups is 1. The summed E-state index contributed by atoms with van der Waals surface area (Å²) in [7, 11) is 1.76. The molecule has 30 heavy (non-hydrogen) atoms. The zero-order chi connectivity index (χ0) is 21.3. The van der Waals surface area contributed by atoms with Crippen LogP contribution in [0.4, 0.5) is 0 Å². The number of hydrogen-bond acceptors (Lipinski definition) is 3. The second-order valence-electron chi connectivity index (χ2n) is 7.46. The molecule has 1 unspecified atom stereocenters. The second kappa shape index (κ2) is 10.8. The van der Waals surface area contributed by atoms with Crippen molar-refractivity contribution in [1.82, 2.24) is 15.1 Å². The van der Waals surface area contributed by atoms with Crippen LogP contribution in [-0.2, 0) is 16.1 Å². The molecule has 2 aromatic rings. The lowest BCUT2D eigenvalue weighted by Gasteiger charge is -2.36. The van der Waals surface area contributed by atoms with Crippen LogP contribution in [0.15, 0.2) is 59.6 Å². The molecule has 2 aromatic carbocycles. The fraction of sp³-hybridized carbons (Fsp3) is 0.417. The maximum atomic E-state index is 12.8. The number of nitrogens with one attached hydrogen (secondary N) is 1. The Morgan fingerprint density at radius 3 is 2.63 bits per heavy atom. The molecule has 0 bridgehead atoms. The third kappa shape index (κ3) is 5.60.